The highest BCUT2D eigenvalue weighted by molar-refractivity contribution is 5.83. The van der Waals surface area contributed by atoms with E-state index < -0.39 is 0 Å². The van der Waals surface area contributed by atoms with Crippen LogP contribution in [0.1, 0.15) is 52.4 Å². The fourth-order valence-corrected chi connectivity index (χ4v) is 6.02. The number of hydrogen-bond acceptors (Lipinski definition) is 1. The van der Waals surface area contributed by atoms with Gasteiger partial charge in [0.25, 0.3) is 0 Å². The number of carbonyl (C=O) groups is 1. The van der Waals surface area contributed by atoms with Gasteiger partial charge in [0.05, 0.1) is 12.0 Å². The summed E-state index contributed by atoms with van der Waals surface area (Å²) in [5.41, 5.74) is 0.670. The first kappa shape index (κ1) is 12.1. The molecule has 0 heterocycles. The molecule has 2 nitrogen and oxygen atoms in total. The summed E-state index contributed by atoms with van der Waals surface area (Å²) < 4.78 is 0. The molecule has 2 unspecified atom stereocenters. The Labute approximate surface area is 110 Å². The Bertz CT molecular complexity index is 415. The van der Waals surface area contributed by atoms with Crippen molar-refractivity contribution in [3.63, 3.8) is 0 Å². The average Bonchev–Trinajstić information content (AvgIpc) is 2.20. The third kappa shape index (κ3) is 1.67. The Kier molecular flexibility index (Phi) is 2.37. The van der Waals surface area contributed by atoms with E-state index in [0.29, 0.717) is 17.4 Å². The highest BCUT2D eigenvalue weighted by Gasteiger charge is 2.62. The molecule has 98 valence electrons. The van der Waals surface area contributed by atoms with E-state index in [4.69, 9.17) is 6.42 Å². The first-order chi connectivity index (χ1) is 8.39. The fourth-order valence-electron chi connectivity index (χ4n) is 6.02. The third-order valence-electron chi connectivity index (χ3n) is 5.46. The quantitative estimate of drug-likeness (QED) is 0.745. The molecular formula is C16H23NO. The minimum atomic E-state index is -0.111. The van der Waals surface area contributed by atoms with Crippen molar-refractivity contribution in [1.29, 1.82) is 0 Å². The molecule has 0 aromatic rings. The van der Waals surface area contributed by atoms with Gasteiger partial charge in [0.1, 0.15) is 0 Å². The van der Waals surface area contributed by atoms with Gasteiger partial charge in [-0.1, -0.05) is 19.8 Å². The zero-order chi connectivity index (χ0) is 13.0. The van der Waals surface area contributed by atoms with Crippen molar-refractivity contribution >= 4 is 5.91 Å². The van der Waals surface area contributed by atoms with Crippen LogP contribution in [0.25, 0.3) is 0 Å². The fraction of sp³-hybridized carbons (Fsp3) is 0.812. The predicted octanol–water partition coefficient (Wildman–Crippen LogP) is 2.73. The zero-order valence-corrected chi connectivity index (χ0v) is 11.5. The van der Waals surface area contributed by atoms with E-state index >= 15 is 0 Å². The van der Waals surface area contributed by atoms with E-state index in [2.05, 4.69) is 25.1 Å². The second-order valence-electron chi connectivity index (χ2n) is 7.80. The topological polar surface area (TPSA) is 29.1 Å². The summed E-state index contributed by atoms with van der Waals surface area (Å²) in [5.74, 6) is 3.50. The molecule has 0 aromatic heterocycles. The minimum Gasteiger partial charge on any atom is -0.345 e. The molecule has 2 atom stereocenters. The molecule has 1 amide bonds. The van der Waals surface area contributed by atoms with Gasteiger partial charge in [0.15, 0.2) is 0 Å². The lowest BCUT2D eigenvalue weighted by Gasteiger charge is -2.64. The molecule has 0 aliphatic heterocycles. The van der Waals surface area contributed by atoms with E-state index in [1.54, 1.807) is 0 Å². The summed E-state index contributed by atoms with van der Waals surface area (Å²) in [7, 11) is 0. The van der Waals surface area contributed by atoms with Gasteiger partial charge in [-0.15, -0.1) is 6.42 Å². The third-order valence-corrected chi connectivity index (χ3v) is 5.46. The summed E-state index contributed by atoms with van der Waals surface area (Å²) in [6, 6.07) is 0. The normalized spacial score (nSPS) is 48.8. The molecule has 0 radical (unpaired) electrons. The minimum absolute atomic E-state index is 0.111. The molecular weight excluding hydrogens is 222 g/mol. The smallest absolute Gasteiger partial charge is 0.227 e. The second kappa shape index (κ2) is 3.53. The molecule has 0 saturated heterocycles. The van der Waals surface area contributed by atoms with Crippen LogP contribution in [0.2, 0.25) is 0 Å². The van der Waals surface area contributed by atoms with Gasteiger partial charge in [0, 0.05) is 0 Å². The van der Waals surface area contributed by atoms with Crippen molar-refractivity contribution in [2.24, 2.45) is 22.2 Å². The molecule has 4 rings (SSSR count). The molecule has 4 aliphatic rings. The van der Waals surface area contributed by atoms with Crippen LogP contribution >= 0.6 is 0 Å². The van der Waals surface area contributed by atoms with Crippen LogP contribution < -0.4 is 5.32 Å². The number of hydrogen-bond donors (Lipinski definition) is 1. The van der Waals surface area contributed by atoms with Crippen LogP contribution in [0.15, 0.2) is 0 Å². The van der Waals surface area contributed by atoms with E-state index in [-0.39, 0.29) is 11.3 Å². The summed E-state index contributed by atoms with van der Waals surface area (Å²) >= 11 is 0. The average molecular weight is 245 g/mol. The summed E-state index contributed by atoms with van der Waals surface area (Å²) in [5, 5.41) is 2.95. The Morgan fingerprint density at radius 2 is 1.83 bits per heavy atom. The molecule has 2 heteroatoms. The van der Waals surface area contributed by atoms with Crippen LogP contribution in [0.4, 0.5) is 0 Å². The van der Waals surface area contributed by atoms with Gasteiger partial charge in [-0.05, 0) is 55.3 Å². The monoisotopic (exact) mass is 245 g/mol. The first-order valence-electron chi connectivity index (χ1n) is 7.11. The molecule has 0 spiro atoms. The highest BCUT2D eigenvalue weighted by Crippen LogP contribution is 2.69. The van der Waals surface area contributed by atoms with Crippen molar-refractivity contribution in [2.45, 2.75) is 52.4 Å². The van der Waals surface area contributed by atoms with Crippen LogP contribution in [-0.2, 0) is 4.79 Å². The van der Waals surface area contributed by atoms with Gasteiger partial charge in [-0.2, -0.15) is 0 Å². The molecule has 18 heavy (non-hydrogen) atoms. The number of amides is 1. The van der Waals surface area contributed by atoms with E-state index in [9.17, 15) is 4.79 Å². The molecule has 4 saturated carbocycles. The van der Waals surface area contributed by atoms with E-state index in [1.165, 1.54) is 19.3 Å². The Balaban J connectivity index is 1.89. The van der Waals surface area contributed by atoms with Crippen molar-refractivity contribution in [1.82, 2.24) is 5.32 Å². The Morgan fingerprint density at radius 1 is 1.22 bits per heavy atom. The summed E-state index contributed by atoms with van der Waals surface area (Å²) in [6.45, 7) is 5.15. The standard InChI is InChI=1S/C16H23NO/c1-4-5-17-13(18)16-8-12-6-14(2,10-16)9-15(3,7-12)11-16/h1,12H,5-11H2,2-3H3,(H,17,18). The Morgan fingerprint density at radius 3 is 2.33 bits per heavy atom. The zero-order valence-electron chi connectivity index (χ0n) is 11.5. The number of terminal acetylenes is 1. The predicted molar refractivity (Wildman–Crippen MR) is 71.7 cm³/mol. The Hall–Kier alpha value is -0.970. The van der Waals surface area contributed by atoms with Crippen LogP contribution in [0.5, 0.6) is 0 Å². The largest absolute Gasteiger partial charge is 0.345 e. The van der Waals surface area contributed by atoms with Crippen molar-refractivity contribution < 1.29 is 4.79 Å². The molecule has 4 bridgehead atoms. The van der Waals surface area contributed by atoms with Gasteiger partial charge in [-0.25, -0.2) is 0 Å². The van der Waals surface area contributed by atoms with Crippen LogP contribution in [-0.4, -0.2) is 12.5 Å². The lowest BCUT2D eigenvalue weighted by molar-refractivity contribution is -0.169. The SMILES string of the molecule is C#CCNC(=O)C12CC3CC(C)(CC(C)(C3)C1)C2. The maximum atomic E-state index is 12.5. The van der Waals surface area contributed by atoms with E-state index in [1.807, 2.05) is 0 Å². The maximum absolute atomic E-state index is 12.5. The number of rotatable bonds is 2. The molecule has 4 aliphatic carbocycles. The van der Waals surface area contributed by atoms with Gasteiger partial charge < -0.3 is 5.32 Å². The van der Waals surface area contributed by atoms with Gasteiger partial charge >= 0.3 is 0 Å². The van der Waals surface area contributed by atoms with Crippen molar-refractivity contribution in [3.05, 3.63) is 0 Å². The number of carbonyl (C=O) groups excluding carboxylic acids is 1. The van der Waals surface area contributed by atoms with Gasteiger partial charge in [-0.3, -0.25) is 4.79 Å². The highest BCUT2D eigenvalue weighted by atomic mass is 16.2. The van der Waals surface area contributed by atoms with E-state index in [0.717, 1.165) is 25.2 Å². The van der Waals surface area contributed by atoms with Crippen LogP contribution in [0, 0.1) is 34.5 Å². The lowest BCUT2D eigenvalue weighted by Crippen LogP contribution is -2.59. The first-order valence-corrected chi connectivity index (χ1v) is 7.11. The summed E-state index contributed by atoms with van der Waals surface area (Å²) in [4.78, 5) is 12.5. The van der Waals surface area contributed by atoms with Crippen LogP contribution in [0.3, 0.4) is 0 Å². The second-order valence-corrected chi connectivity index (χ2v) is 7.80. The van der Waals surface area contributed by atoms with Gasteiger partial charge in [0.2, 0.25) is 5.91 Å². The lowest BCUT2D eigenvalue weighted by atomic mass is 9.40. The summed E-state index contributed by atoms with van der Waals surface area (Å²) in [6.07, 6.45) is 12.4. The van der Waals surface area contributed by atoms with Crippen molar-refractivity contribution in [2.75, 3.05) is 6.54 Å². The van der Waals surface area contributed by atoms with Crippen molar-refractivity contribution in [3.8, 4) is 12.3 Å². The number of nitrogens with one attached hydrogen (secondary N) is 1. The maximum Gasteiger partial charge on any atom is 0.227 e. The molecule has 0 aromatic carbocycles. The molecule has 4 fully saturated rings. The molecule has 1 N–H and O–H groups in total.